The minimum absolute atomic E-state index is 0.235. The molecule has 100 valence electrons. The van der Waals surface area contributed by atoms with Gasteiger partial charge in [-0.2, -0.15) is 0 Å². The fraction of sp³-hybridized carbons (Fsp3) is 0.929. The van der Waals surface area contributed by atoms with Gasteiger partial charge in [0, 0.05) is 19.1 Å². The maximum absolute atomic E-state index is 11.9. The Labute approximate surface area is 106 Å². The van der Waals surface area contributed by atoms with E-state index in [9.17, 15) is 4.79 Å². The lowest BCUT2D eigenvalue weighted by Crippen LogP contribution is -2.44. The van der Waals surface area contributed by atoms with Crippen molar-refractivity contribution >= 4 is 5.91 Å². The molecule has 3 heteroatoms. The van der Waals surface area contributed by atoms with E-state index in [1.807, 2.05) is 18.7 Å². The quantitative estimate of drug-likeness (QED) is 0.800. The highest BCUT2D eigenvalue weighted by molar-refractivity contribution is 5.78. The molecule has 1 rings (SSSR count). The summed E-state index contributed by atoms with van der Waals surface area (Å²) in [5.41, 5.74) is 0.439. The minimum Gasteiger partial charge on any atom is -0.342 e. The number of likely N-dealkylation sites (N-methyl/N-ethyl adjacent to an activating group) is 1. The van der Waals surface area contributed by atoms with Gasteiger partial charge in [0.1, 0.15) is 0 Å². The molecule has 0 heterocycles. The van der Waals surface area contributed by atoms with Crippen LogP contribution in [0.15, 0.2) is 0 Å². The van der Waals surface area contributed by atoms with Gasteiger partial charge in [0.15, 0.2) is 0 Å². The Morgan fingerprint density at radius 3 is 2.53 bits per heavy atom. The molecule has 1 fully saturated rings. The third-order valence-electron chi connectivity index (χ3n) is 3.86. The number of carbonyl (C=O) groups is 1. The van der Waals surface area contributed by atoms with Crippen molar-refractivity contribution in [1.82, 2.24) is 10.2 Å². The van der Waals surface area contributed by atoms with E-state index >= 15 is 0 Å². The van der Waals surface area contributed by atoms with Gasteiger partial charge in [0.05, 0.1) is 6.54 Å². The van der Waals surface area contributed by atoms with Crippen LogP contribution in [0.4, 0.5) is 0 Å². The van der Waals surface area contributed by atoms with Crippen molar-refractivity contribution in [3.05, 3.63) is 0 Å². The Hall–Kier alpha value is -0.570. The molecule has 1 N–H and O–H groups in total. The van der Waals surface area contributed by atoms with Gasteiger partial charge in [0.25, 0.3) is 0 Å². The number of amides is 1. The summed E-state index contributed by atoms with van der Waals surface area (Å²) in [4.78, 5) is 13.8. The summed E-state index contributed by atoms with van der Waals surface area (Å²) in [6.45, 7) is 10.8. The van der Waals surface area contributed by atoms with Crippen LogP contribution in [0.3, 0.4) is 0 Å². The fourth-order valence-electron chi connectivity index (χ4n) is 2.79. The van der Waals surface area contributed by atoms with Gasteiger partial charge in [-0.25, -0.2) is 0 Å². The lowest BCUT2D eigenvalue weighted by molar-refractivity contribution is -0.130. The molecule has 0 aromatic heterocycles. The Bertz CT molecular complexity index is 247. The first kappa shape index (κ1) is 14.5. The molecule has 1 aliphatic carbocycles. The molecular formula is C14H28N2O. The molecular weight excluding hydrogens is 212 g/mol. The molecule has 1 unspecified atom stereocenters. The van der Waals surface area contributed by atoms with E-state index in [0.717, 1.165) is 13.1 Å². The van der Waals surface area contributed by atoms with Gasteiger partial charge in [-0.3, -0.25) is 4.79 Å². The van der Waals surface area contributed by atoms with E-state index in [2.05, 4.69) is 19.2 Å². The molecule has 0 bridgehead atoms. The van der Waals surface area contributed by atoms with Gasteiger partial charge in [-0.05, 0) is 38.5 Å². The van der Waals surface area contributed by atoms with Crippen LogP contribution in [0.2, 0.25) is 0 Å². The van der Waals surface area contributed by atoms with Crippen molar-refractivity contribution in [2.24, 2.45) is 5.41 Å². The first-order chi connectivity index (χ1) is 7.98. The number of hydrogen-bond donors (Lipinski definition) is 1. The van der Waals surface area contributed by atoms with Crippen molar-refractivity contribution in [3.63, 3.8) is 0 Å². The van der Waals surface area contributed by atoms with Crippen molar-refractivity contribution in [2.75, 3.05) is 19.6 Å². The van der Waals surface area contributed by atoms with Crippen molar-refractivity contribution < 1.29 is 4.79 Å². The molecule has 1 atom stereocenters. The summed E-state index contributed by atoms with van der Waals surface area (Å²) >= 11 is 0. The monoisotopic (exact) mass is 240 g/mol. The first-order valence-corrected chi connectivity index (χ1v) is 6.99. The second-order valence-corrected chi connectivity index (χ2v) is 5.90. The van der Waals surface area contributed by atoms with Crippen LogP contribution in [0.5, 0.6) is 0 Å². The summed E-state index contributed by atoms with van der Waals surface area (Å²) in [6, 6.07) is 0.526. The predicted octanol–water partition coefficient (Wildman–Crippen LogP) is 2.41. The molecule has 1 aliphatic rings. The number of rotatable bonds is 5. The summed E-state index contributed by atoms with van der Waals surface area (Å²) in [6.07, 6.45) is 5.01. The molecule has 0 aromatic rings. The zero-order chi connectivity index (χ0) is 12.9. The average molecular weight is 240 g/mol. The highest BCUT2D eigenvalue weighted by Gasteiger charge is 2.28. The van der Waals surface area contributed by atoms with E-state index in [-0.39, 0.29) is 5.91 Å². The van der Waals surface area contributed by atoms with Gasteiger partial charge in [0.2, 0.25) is 5.91 Å². The van der Waals surface area contributed by atoms with Crippen LogP contribution in [0.25, 0.3) is 0 Å². The SMILES string of the molecule is CCN(CC)C(=O)CNC1CCCC(C)(C)C1. The molecule has 1 saturated carbocycles. The average Bonchev–Trinajstić information content (AvgIpc) is 2.27. The second kappa shape index (κ2) is 6.39. The Morgan fingerprint density at radius 2 is 2.00 bits per heavy atom. The van der Waals surface area contributed by atoms with Crippen LogP contribution in [0.1, 0.15) is 53.4 Å². The van der Waals surface area contributed by atoms with E-state index in [0.29, 0.717) is 18.0 Å². The normalized spacial score (nSPS) is 23.4. The van der Waals surface area contributed by atoms with E-state index in [1.54, 1.807) is 0 Å². The molecule has 0 saturated heterocycles. The highest BCUT2D eigenvalue weighted by atomic mass is 16.2. The summed E-state index contributed by atoms with van der Waals surface area (Å²) in [5, 5.41) is 3.43. The smallest absolute Gasteiger partial charge is 0.236 e. The van der Waals surface area contributed by atoms with Crippen LogP contribution in [0, 0.1) is 5.41 Å². The van der Waals surface area contributed by atoms with Crippen molar-refractivity contribution in [2.45, 2.75) is 59.4 Å². The Balaban J connectivity index is 2.33. The molecule has 0 spiro atoms. The predicted molar refractivity (Wildman–Crippen MR) is 72.0 cm³/mol. The Kier molecular flexibility index (Phi) is 5.44. The van der Waals surface area contributed by atoms with Crippen LogP contribution in [-0.4, -0.2) is 36.5 Å². The third-order valence-corrected chi connectivity index (χ3v) is 3.86. The third kappa shape index (κ3) is 4.66. The maximum Gasteiger partial charge on any atom is 0.236 e. The zero-order valence-corrected chi connectivity index (χ0v) is 11.9. The van der Waals surface area contributed by atoms with E-state index in [4.69, 9.17) is 0 Å². The van der Waals surface area contributed by atoms with Crippen LogP contribution in [-0.2, 0) is 4.79 Å². The molecule has 3 nitrogen and oxygen atoms in total. The summed E-state index contributed by atoms with van der Waals surface area (Å²) in [5.74, 6) is 0.235. The van der Waals surface area contributed by atoms with Gasteiger partial charge >= 0.3 is 0 Å². The van der Waals surface area contributed by atoms with Crippen molar-refractivity contribution in [3.8, 4) is 0 Å². The first-order valence-electron chi connectivity index (χ1n) is 6.99. The van der Waals surface area contributed by atoms with Crippen LogP contribution >= 0.6 is 0 Å². The second-order valence-electron chi connectivity index (χ2n) is 5.90. The number of hydrogen-bond acceptors (Lipinski definition) is 2. The summed E-state index contributed by atoms with van der Waals surface area (Å²) < 4.78 is 0. The largest absolute Gasteiger partial charge is 0.342 e. The number of nitrogens with one attached hydrogen (secondary N) is 1. The standard InChI is InChI=1S/C14H28N2O/c1-5-16(6-2)13(17)11-15-12-8-7-9-14(3,4)10-12/h12,15H,5-11H2,1-4H3. The van der Waals surface area contributed by atoms with E-state index < -0.39 is 0 Å². The van der Waals surface area contributed by atoms with Gasteiger partial charge < -0.3 is 10.2 Å². The van der Waals surface area contributed by atoms with Crippen molar-refractivity contribution in [1.29, 1.82) is 0 Å². The topological polar surface area (TPSA) is 32.3 Å². The minimum atomic E-state index is 0.235. The molecule has 0 aromatic carbocycles. The molecule has 0 aliphatic heterocycles. The molecule has 1 amide bonds. The van der Waals surface area contributed by atoms with Gasteiger partial charge in [-0.15, -0.1) is 0 Å². The Morgan fingerprint density at radius 1 is 1.35 bits per heavy atom. The zero-order valence-electron chi connectivity index (χ0n) is 11.9. The molecule has 0 radical (unpaired) electrons. The molecule has 17 heavy (non-hydrogen) atoms. The van der Waals surface area contributed by atoms with Gasteiger partial charge in [-0.1, -0.05) is 20.3 Å². The number of nitrogens with zero attached hydrogens (tertiary/aromatic N) is 1. The van der Waals surface area contributed by atoms with Crippen LogP contribution < -0.4 is 5.32 Å². The lowest BCUT2D eigenvalue weighted by Gasteiger charge is -2.35. The van der Waals surface area contributed by atoms with E-state index in [1.165, 1.54) is 25.7 Å². The number of carbonyl (C=O) groups excluding carboxylic acids is 1. The fourth-order valence-corrected chi connectivity index (χ4v) is 2.79. The highest BCUT2D eigenvalue weighted by Crippen LogP contribution is 2.34. The maximum atomic E-state index is 11.9. The summed E-state index contributed by atoms with van der Waals surface area (Å²) in [7, 11) is 0. The lowest BCUT2D eigenvalue weighted by atomic mass is 9.75.